The number of hydrogen-bond donors (Lipinski definition) is 1. The number of methoxy groups -OCH3 is 1. The average Bonchev–Trinajstić information content (AvgIpc) is 2.34. The lowest BCUT2D eigenvalue weighted by atomic mass is 10.0. The molecule has 1 saturated carbocycles. The van der Waals surface area contributed by atoms with E-state index in [-0.39, 0.29) is 12.0 Å². The van der Waals surface area contributed by atoms with Gasteiger partial charge in [-0.25, -0.2) is 0 Å². The Bertz CT molecular complexity index is 205. The van der Waals surface area contributed by atoms with E-state index >= 15 is 0 Å². The molecule has 1 rings (SSSR count). The van der Waals surface area contributed by atoms with Gasteiger partial charge in [0.15, 0.2) is 0 Å². The van der Waals surface area contributed by atoms with Gasteiger partial charge in [-0.15, -0.1) is 0 Å². The van der Waals surface area contributed by atoms with Crippen molar-refractivity contribution in [3.05, 3.63) is 0 Å². The molecule has 94 valence electrons. The van der Waals surface area contributed by atoms with Gasteiger partial charge < -0.3 is 10.1 Å². The minimum atomic E-state index is -0.137. The first-order valence-corrected chi connectivity index (χ1v) is 7.25. The number of esters is 1. The third-order valence-electron chi connectivity index (χ3n) is 2.99. The van der Waals surface area contributed by atoms with Crippen LogP contribution in [0.25, 0.3) is 0 Å². The molecule has 4 heteroatoms. The van der Waals surface area contributed by atoms with E-state index < -0.39 is 0 Å². The van der Waals surface area contributed by atoms with Crippen LogP contribution in [0.1, 0.15) is 39.0 Å². The zero-order valence-corrected chi connectivity index (χ0v) is 11.1. The zero-order chi connectivity index (χ0) is 11.8. The lowest BCUT2D eigenvalue weighted by Crippen LogP contribution is -2.40. The number of rotatable bonds is 6. The standard InChI is InChI=1S/C12H23NO2S/c1-3-13-11(12(14)15-2)9-16-10-7-5-4-6-8-10/h10-11,13H,3-9H2,1-2H3. The molecular weight excluding hydrogens is 222 g/mol. The fourth-order valence-electron chi connectivity index (χ4n) is 2.06. The molecule has 0 bridgehead atoms. The first-order chi connectivity index (χ1) is 7.77. The Labute approximate surface area is 103 Å². The van der Waals surface area contributed by atoms with E-state index in [0.29, 0.717) is 0 Å². The summed E-state index contributed by atoms with van der Waals surface area (Å²) in [4.78, 5) is 11.5. The summed E-state index contributed by atoms with van der Waals surface area (Å²) in [6.45, 7) is 2.83. The minimum Gasteiger partial charge on any atom is -0.468 e. The lowest BCUT2D eigenvalue weighted by Gasteiger charge is -2.23. The Balaban J connectivity index is 2.27. The van der Waals surface area contributed by atoms with Crippen LogP contribution in [0, 0.1) is 0 Å². The second-order valence-electron chi connectivity index (χ2n) is 4.23. The molecule has 0 aromatic rings. The summed E-state index contributed by atoms with van der Waals surface area (Å²) >= 11 is 1.93. The predicted octanol–water partition coefficient (Wildman–Crippen LogP) is 2.20. The molecule has 0 heterocycles. The lowest BCUT2D eigenvalue weighted by molar-refractivity contribution is -0.142. The second-order valence-corrected chi connectivity index (χ2v) is 5.56. The maximum absolute atomic E-state index is 11.5. The Morgan fingerprint density at radius 3 is 2.69 bits per heavy atom. The molecule has 0 aromatic carbocycles. The molecule has 0 aliphatic heterocycles. The van der Waals surface area contributed by atoms with Crippen LogP contribution in [0.2, 0.25) is 0 Å². The van der Waals surface area contributed by atoms with Gasteiger partial charge in [0.05, 0.1) is 7.11 Å². The number of thioether (sulfide) groups is 1. The van der Waals surface area contributed by atoms with E-state index in [0.717, 1.165) is 17.5 Å². The number of ether oxygens (including phenoxy) is 1. The summed E-state index contributed by atoms with van der Waals surface area (Å²) in [6.07, 6.45) is 6.70. The molecule has 3 nitrogen and oxygen atoms in total. The quantitative estimate of drug-likeness (QED) is 0.728. The monoisotopic (exact) mass is 245 g/mol. The Morgan fingerprint density at radius 1 is 1.44 bits per heavy atom. The van der Waals surface area contributed by atoms with Gasteiger partial charge in [-0.2, -0.15) is 11.8 Å². The van der Waals surface area contributed by atoms with Gasteiger partial charge in [0.25, 0.3) is 0 Å². The highest BCUT2D eigenvalue weighted by Gasteiger charge is 2.21. The Kier molecular flexibility index (Phi) is 6.88. The first kappa shape index (κ1) is 13.8. The van der Waals surface area contributed by atoms with Crippen LogP contribution < -0.4 is 5.32 Å². The fourth-order valence-corrected chi connectivity index (χ4v) is 3.45. The molecule has 1 unspecified atom stereocenters. The van der Waals surface area contributed by atoms with E-state index in [1.807, 2.05) is 18.7 Å². The third-order valence-corrected chi connectivity index (χ3v) is 4.46. The van der Waals surface area contributed by atoms with Crippen LogP contribution in [0.4, 0.5) is 0 Å². The summed E-state index contributed by atoms with van der Waals surface area (Å²) in [5, 5.41) is 3.93. The third kappa shape index (κ3) is 4.74. The minimum absolute atomic E-state index is 0.134. The van der Waals surface area contributed by atoms with Gasteiger partial charge >= 0.3 is 5.97 Å². The summed E-state index contributed by atoms with van der Waals surface area (Å²) in [5.41, 5.74) is 0. The molecule has 0 amide bonds. The highest BCUT2D eigenvalue weighted by atomic mass is 32.2. The van der Waals surface area contributed by atoms with Crippen molar-refractivity contribution in [3.63, 3.8) is 0 Å². The SMILES string of the molecule is CCNC(CSC1CCCCC1)C(=O)OC. The van der Waals surface area contributed by atoms with Gasteiger partial charge in [0.1, 0.15) is 6.04 Å². The van der Waals surface area contributed by atoms with Crippen LogP contribution in [-0.4, -0.2) is 36.7 Å². The van der Waals surface area contributed by atoms with E-state index in [9.17, 15) is 4.79 Å². The Hall–Kier alpha value is -0.220. The van der Waals surface area contributed by atoms with Gasteiger partial charge in [-0.1, -0.05) is 26.2 Å². The maximum atomic E-state index is 11.5. The molecule has 1 aliphatic carbocycles. The van der Waals surface area contributed by atoms with Crippen LogP contribution in [0.3, 0.4) is 0 Å². The molecule has 1 fully saturated rings. The summed E-state index contributed by atoms with van der Waals surface area (Å²) in [6, 6.07) is -0.137. The van der Waals surface area contributed by atoms with Crippen LogP contribution in [0.5, 0.6) is 0 Å². The highest BCUT2D eigenvalue weighted by molar-refractivity contribution is 7.99. The average molecular weight is 245 g/mol. The van der Waals surface area contributed by atoms with E-state index in [4.69, 9.17) is 4.74 Å². The fraction of sp³-hybridized carbons (Fsp3) is 0.917. The van der Waals surface area contributed by atoms with Crippen molar-refractivity contribution in [2.75, 3.05) is 19.4 Å². The summed E-state index contributed by atoms with van der Waals surface area (Å²) in [5.74, 6) is 0.704. The van der Waals surface area contributed by atoms with Crippen molar-refractivity contribution in [1.29, 1.82) is 0 Å². The summed E-state index contributed by atoms with van der Waals surface area (Å²) < 4.78 is 4.79. The molecule has 1 atom stereocenters. The second kappa shape index (κ2) is 7.96. The van der Waals surface area contributed by atoms with E-state index in [1.54, 1.807) is 0 Å². The molecule has 16 heavy (non-hydrogen) atoms. The maximum Gasteiger partial charge on any atom is 0.323 e. The van der Waals surface area contributed by atoms with Crippen LogP contribution in [-0.2, 0) is 9.53 Å². The van der Waals surface area contributed by atoms with Crippen molar-refractivity contribution < 1.29 is 9.53 Å². The van der Waals surface area contributed by atoms with E-state index in [2.05, 4.69) is 5.32 Å². The largest absolute Gasteiger partial charge is 0.468 e. The van der Waals surface area contributed by atoms with Crippen molar-refractivity contribution in [3.8, 4) is 0 Å². The van der Waals surface area contributed by atoms with Crippen molar-refractivity contribution >= 4 is 17.7 Å². The zero-order valence-electron chi connectivity index (χ0n) is 10.3. The topological polar surface area (TPSA) is 38.3 Å². The molecule has 0 radical (unpaired) electrons. The number of nitrogens with one attached hydrogen (secondary N) is 1. The van der Waals surface area contributed by atoms with Gasteiger partial charge in [-0.3, -0.25) is 4.79 Å². The smallest absolute Gasteiger partial charge is 0.323 e. The molecule has 1 aliphatic rings. The number of likely N-dealkylation sites (N-methyl/N-ethyl adjacent to an activating group) is 1. The van der Waals surface area contributed by atoms with Crippen molar-refractivity contribution in [2.24, 2.45) is 0 Å². The van der Waals surface area contributed by atoms with Crippen LogP contribution >= 0.6 is 11.8 Å². The Morgan fingerprint density at radius 2 is 2.12 bits per heavy atom. The first-order valence-electron chi connectivity index (χ1n) is 6.20. The molecular formula is C12H23NO2S. The van der Waals surface area contributed by atoms with Crippen LogP contribution in [0.15, 0.2) is 0 Å². The molecule has 1 N–H and O–H groups in total. The van der Waals surface area contributed by atoms with Crippen molar-refractivity contribution in [1.82, 2.24) is 5.32 Å². The van der Waals surface area contributed by atoms with Gasteiger partial charge in [0.2, 0.25) is 0 Å². The van der Waals surface area contributed by atoms with Crippen molar-refractivity contribution in [2.45, 2.75) is 50.3 Å². The number of carbonyl (C=O) groups excluding carboxylic acids is 1. The predicted molar refractivity (Wildman–Crippen MR) is 68.8 cm³/mol. The number of carbonyl (C=O) groups is 1. The normalized spacial score (nSPS) is 19.4. The molecule has 0 aromatic heterocycles. The van der Waals surface area contributed by atoms with E-state index in [1.165, 1.54) is 39.2 Å². The highest BCUT2D eigenvalue weighted by Crippen LogP contribution is 2.28. The number of hydrogen-bond acceptors (Lipinski definition) is 4. The molecule has 0 saturated heterocycles. The summed E-state index contributed by atoms with van der Waals surface area (Å²) in [7, 11) is 1.46. The van der Waals surface area contributed by atoms with Gasteiger partial charge in [0, 0.05) is 11.0 Å². The molecule has 0 spiro atoms. The van der Waals surface area contributed by atoms with Gasteiger partial charge in [-0.05, 0) is 19.4 Å².